The summed E-state index contributed by atoms with van der Waals surface area (Å²) in [7, 11) is 0. The summed E-state index contributed by atoms with van der Waals surface area (Å²) in [5, 5.41) is 9.60. The molecule has 0 spiro atoms. The van der Waals surface area contributed by atoms with Crippen LogP contribution < -0.4 is 5.73 Å². The number of hydrogen-bond donors (Lipinski definition) is 1. The van der Waals surface area contributed by atoms with Gasteiger partial charge in [-0.15, -0.1) is 10.2 Å². The second kappa shape index (κ2) is 6.01. The van der Waals surface area contributed by atoms with Crippen molar-refractivity contribution in [2.45, 2.75) is 6.04 Å². The molecule has 0 aliphatic rings. The first kappa shape index (κ1) is 14.3. The maximum atomic E-state index is 13.6. The van der Waals surface area contributed by atoms with Crippen LogP contribution in [-0.2, 0) is 0 Å². The van der Waals surface area contributed by atoms with Crippen LogP contribution in [0.15, 0.2) is 53.0 Å². The predicted octanol–water partition coefficient (Wildman–Crippen LogP) is 4.15. The van der Waals surface area contributed by atoms with E-state index in [1.807, 2.05) is 30.3 Å². The minimum atomic E-state index is -0.323. The highest BCUT2D eigenvalue weighted by molar-refractivity contribution is 9.10. The molecule has 0 fully saturated rings. The average molecular weight is 364 g/mol. The fraction of sp³-hybridized carbons (Fsp3) is 0.0667. The zero-order valence-corrected chi connectivity index (χ0v) is 13.2. The van der Waals surface area contributed by atoms with Gasteiger partial charge in [0.2, 0.25) is 0 Å². The Kier molecular flexibility index (Phi) is 4.10. The van der Waals surface area contributed by atoms with E-state index in [0.717, 1.165) is 5.56 Å². The molecule has 0 saturated carbocycles. The number of rotatable bonds is 3. The summed E-state index contributed by atoms with van der Waals surface area (Å²) in [6.07, 6.45) is 0. The Balaban J connectivity index is 1.91. The Bertz CT molecular complexity index is 761. The van der Waals surface area contributed by atoms with Crippen molar-refractivity contribution >= 4 is 27.3 Å². The molecule has 6 heteroatoms. The van der Waals surface area contributed by atoms with Gasteiger partial charge in [-0.25, -0.2) is 4.39 Å². The average Bonchev–Trinajstić information content (AvgIpc) is 3.00. The summed E-state index contributed by atoms with van der Waals surface area (Å²) in [5.74, 6) is -0.323. The third-order valence-corrected chi connectivity index (χ3v) is 4.73. The standard InChI is InChI=1S/C15H11BrFN3S/c16-11-7-6-10(8-12(11)17)14-19-20-15(21-14)13(18)9-4-2-1-3-5-9/h1-8,13H,18H2. The second-order valence-electron chi connectivity index (χ2n) is 4.46. The van der Waals surface area contributed by atoms with Gasteiger partial charge in [-0.05, 0) is 33.6 Å². The second-order valence-corrected chi connectivity index (χ2v) is 6.33. The van der Waals surface area contributed by atoms with E-state index in [1.54, 1.807) is 12.1 Å². The lowest BCUT2D eigenvalue weighted by Crippen LogP contribution is -2.11. The normalized spacial score (nSPS) is 12.3. The van der Waals surface area contributed by atoms with Crippen molar-refractivity contribution in [1.82, 2.24) is 10.2 Å². The molecule has 0 bridgehead atoms. The first-order valence-electron chi connectivity index (χ1n) is 6.24. The van der Waals surface area contributed by atoms with Gasteiger partial charge in [0.15, 0.2) is 0 Å². The SMILES string of the molecule is NC(c1ccccc1)c1nnc(-c2ccc(Br)c(F)c2)s1. The Morgan fingerprint density at radius 3 is 2.57 bits per heavy atom. The molecule has 1 heterocycles. The smallest absolute Gasteiger partial charge is 0.147 e. The topological polar surface area (TPSA) is 51.8 Å². The number of hydrogen-bond acceptors (Lipinski definition) is 4. The number of nitrogens with two attached hydrogens (primary N) is 1. The van der Waals surface area contributed by atoms with Gasteiger partial charge in [-0.1, -0.05) is 47.7 Å². The molecule has 2 aromatic carbocycles. The third kappa shape index (κ3) is 3.02. The number of benzene rings is 2. The molecule has 21 heavy (non-hydrogen) atoms. The molecule has 0 aliphatic carbocycles. The summed E-state index contributed by atoms with van der Waals surface area (Å²) in [6.45, 7) is 0. The molecule has 3 rings (SSSR count). The molecule has 1 unspecified atom stereocenters. The van der Waals surface area contributed by atoms with E-state index < -0.39 is 0 Å². The molecule has 0 amide bonds. The van der Waals surface area contributed by atoms with Crippen LogP contribution in [0.5, 0.6) is 0 Å². The van der Waals surface area contributed by atoms with Gasteiger partial charge in [0.25, 0.3) is 0 Å². The summed E-state index contributed by atoms with van der Waals surface area (Å²) >= 11 is 4.51. The third-order valence-electron chi connectivity index (χ3n) is 3.03. The van der Waals surface area contributed by atoms with Crippen molar-refractivity contribution in [3.05, 3.63) is 69.4 Å². The van der Waals surface area contributed by atoms with Crippen molar-refractivity contribution in [1.29, 1.82) is 0 Å². The van der Waals surface area contributed by atoms with Gasteiger partial charge in [-0.2, -0.15) is 0 Å². The summed E-state index contributed by atoms with van der Waals surface area (Å²) in [5.41, 5.74) is 7.86. The van der Waals surface area contributed by atoms with E-state index in [2.05, 4.69) is 26.1 Å². The predicted molar refractivity (Wildman–Crippen MR) is 85.5 cm³/mol. The van der Waals surface area contributed by atoms with Crippen LogP contribution in [0.3, 0.4) is 0 Å². The maximum Gasteiger partial charge on any atom is 0.147 e. The van der Waals surface area contributed by atoms with E-state index in [0.29, 0.717) is 20.1 Å². The highest BCUT2D eigenvalue weighted by Gasteiger charge is 2.15. The largest absolute Gasteiger partial charge is 0.318 e. The lowest BCUT2D eigenvalue weighted by Gasteiger charge is -2.06. The van der Waals surface area contributed by atoms with Crippen LogP contribution in [0.4, 0.5) is 4.39 Å². The minimum Gasteiger partial charge on any atom is -0.318 e. The molecule has 0 aliphatic heterocycles. The van der Waals surface area contributed by atoms with Crippen LogP contribution in [0.25, 0.3) is 10.6 Å². The van der Waals surface area contributed by atoms with E-state index in [-0.39, 0.29) is 11.9 Å². The van der Waals surface area contributed by atoms with Crippen molar-refractivity contribution in [2.24, 2.45) is 5.73 Å². The molecule has 0 saturated heterocycles. The molecular weight excluding hydrogens is 353 g/mol. The van der Waals surface area contributed by atoms with E-state index in [9.17, 15) is 4.39 Å². The fourth-order valence-electron chi connectivity index (χ4n) is 1.91. The molecule has 1 aromatic heterocycles. The Labute approximate surface area is 133 Å². The summed E-state index contributed by atoms with van der Waals surface area (Å²) in [6, 6.07) is 14.3. The van der Waals surface area contributed by atoms with Gasteiger partial charge in [0.05, 0.1) is 10.5 Å². The zero-order chi connectivity index (χ0) is 14.8. The highest BCUT2D eigenvalue weighted by atomic mass is 79.9. The maximum absolute atomic E-state index is 13.6. The molecule has 3 nitrogen and oxygen atoms in total. The number of nitrogens with zero attached hydrogens (tertiary/aromatic N) is 2. The van der Waals surface area contributed by atoms with Crippen LogP contribution in [-0.4, -0.2) is 10.2 Å². The van der Waals surface area contributed by atoms with Gasteiger partial charge in [-0.3, -0.25) is 0 Å². The van der Waals surface area contributed by atoms with E-state index in [1.165, 1.54) is 17.4 Å². The molecule has 2 N–H and O–H groups in total. The Morgan fingerprint density at radius 1 is 1.10 bits per heavy atom. The summed E-state index contributed by atoms with van der Waals surface area (Å²) < 4.78 is 14.0. The lowest BCUT2D eigenvalue weighted by molar-refractivity contribution is 0.621. The molecule has 3 aromatic rings. The molecule has 0 radical (unpaired) electrons. The Hall–Kier alpha value is -1.63. The van der Waals surface area contributed by atoms with Gasteiger partial charge in [0, 0.05) is 5.56 Å². The van der Waals surface area contributed by atoms with Gasteiger partial charge in [0.1, 0.15) is 15.8 Å². The lowest BCUT2D eigenvalue weighted by atomic mass is 10.1. The molecule has 106 valence electrons. The van der Waals surface area contributed by atoms with Crippen molar-refractivity contribution < 1.29 is 4.39 Å². The van der Waals surface area contributed by atoms with Gasteiger partial charge >= 0.3 is 0 Å². The zero-order valence-electron chi connectivity index (χ0n) is 10.8. The fourth-order valence-corrected chi connectivity index (χ4v) is 3.02. The van der Waals surface area contributed by atoms with Crippen molar-refractivity contribution in [2.75, 3.05) is 0 Å². The van der Waals surface area contributed by atoms with Gasteiger partial charge < -0.3 is 5.73 Å². The van der Waals surface area contributed by atoms with Crippen molar-refractivity contribution in [3.63, 3.8) is 0 Å². The van der Waals surface area contributed by atoms with Crippen LogP contribution >= 0.6 is 27.3 Å². The summed E-state index contributed by atoms with van der Waals surface area (Å²) in [4.78, 5) is 0. The van der Waals surface area contributed by atoms with E-state index >= 15 is 0 Å². The Morgan fingerprint density at radius 2 is 1.86 bits per heavy atom. The quantitative estimate of drug-likeness (QED) is 0.760. The number of halogens is 2. The van der Waals surface area contributed by atoms with Crippen LogP contribution in [0, 0.1) is 5.82 Å². The highest BCUT2D eigenvalue weighted by Crippen LogP contribution is 2.30. The minimum absolute atomic E-state index is 0.322. The first-order valence-corrected chi connectivity index (χ1v) is 7.85. The van der Waals surface area contributed by atoms with Crippen molar-refractivity contribution in [3.8, 4) is 10.6 Å². The van der Waals surface area contributed by atoms with Crippen LogP contribution in [0.2, 0.25) is 0 Å². The monoisotopic (exact) mass is 363 g/mol. The van der Waals surface area contributed by atoms with Crippen LogP contribution in [0.1, 0.15) is 16.6 Å². The van der Waals surface area contributed by atoms with E-state index in [4.69, 9.17) is 5.73 Å². The number of aromatic nitrogens is 2. The molecular formula is C15H11BrFN3S. The molecule has 1 atom stereocenters. The first-order chi connectivity index (χ1) is 10.1.